The van der Waals surface area contributed by atoms with Crippen molar-refractivity contribution in [1.82, 2.24) is 14.5 Å². The molecule has 0 aromatic heterocycles. The molecule has 0 bridgehead atoms. The number of amides is 2. The summed E-state index contributed by atoms with van der Waals surface area (Å²) in [6.07, 6.45) is 0. The van der Waals surface area contributed by atoms with Gasteiger partial charge in [-0.3, -0.25) is 0 Å². The van der Waals surface area contributed by atoms with Gasteiger partial charge in [0.1, 0.15) is 0 Å². The number of benzene rings is 2. The van der Waals surface area contributed by atoms with Gasteiger partial charge in [-0.2, -0.15) is 4.31 Å². The fourth-order valence-corrected chi connectivity index (χ4v) is 5.37. The molecule has 6 nitrogen and oxygen atoms in total. The minimum atomic E-state index is -3.55. The van der Waals surface area contributed by atoms with Gasteiger partial charge in [0.15, 0.2) is 0 Å². The summed E-state index contributed by atoms with van der Waals surface area (Å²) in [7, 11) is -3.55. The maximum absolute atomic E-state index is 13.0. The molecule has 8 heteroatoms. The smallest absolute Gasteiger partial charge is 0.317 e. The quantitative estimate of drug-likeness (QED) is 0.752. The summed E-state index contributed by atoms with van der Waals surface area (Å²) in [5.74, 6) is 0. The zero-order valence-electron chi connectivity index (χ0n) is 16.0. The molecule has 0 atom stereocenters. The summed E-state index contributed by atoms with van der Waals surface area (Å²) in [6, 6.07) is 13.0. The van der Waals surface area contributed by atoms with Crippen molar-refractivity contribution in [3.63, 3.8) is 0 Å². The van der Waals surface area contributed by atoms with E-state index in [1.165, 1.54) is 4.31 Å². The van der Waals surface area contributed by atoms with Crippen LogP contribution >= 0.6 is 15.9 Å². The lowest BCUT2D eigenvalue weighted by Crippen LogP contribution is -2.53. The lowest BCUT2D eigenvalue weighted by Gasteiger charge is -2.34. The number of carbonyl (C=O) groups excluding carboxylic acids is 1. The van der Waals surface area contributed by atoms with Crippen molar-refractivity contribution in [2.45, 2.75) is 25.3 Å². The molecule has 1 saturated heterocycles. The molecule has 0 spiro atoms. The molecule has 1 heterocycles. The summed E-state index contributed by atoms with van der Waals surface area (Å²) in [5, 5.41) is 2.90. The molecule has 1 aliphatic rings. The Morgan fingerprint density at radius 2 is 1.79 bits per heavy atom. The van der Waals surface area contributed by atoms with Gasteiger partial charge < -0.3 is 10.2 Å². The second-order valence-electron chi connectivity index (χ2n) is 6.95. The first-order valence-corrected chi connectivity index (χ1v) is 11.4. The van der Waals surface area contributed by atoms with Crippen LogP contribution in [0.3, 0.4) is 0 Å². The number of hydrogen-bond donors (Lipinski definition) is 1. The molecule has 2 aromatic carbocycles. The third kappa shape index (κ3) is 4.74. The zero-order valence-corrected chi connectivity index (χ0v) is 18.4. The Hall–Kier alpha value is -1.90. The summed E-state index contributed by atoms with van der Waals surface area (Å²) in [6.45, 7) is 5.44. The fraction of sp³-hybridized carbons (Fsp3) is 0.350. The van der Waals surface area contributed by atoms with Gasteiger partial charge in [0.2, 0.25) is 10.0 Å². The van der Waals surface area contributed by atoms with Crippen molar-refractivity contribution in [3.8, 4) is 0 Å². The molecular formula is C20H24BrN3O3S. The second-order valence-corrected chi connectivity index (χ2v) is 9.77. The fourth-order valence-electron chi connectivity index (χ4n) is 3.19. The summed E-state index contributed by atoms with van der Waals surface area (Å²) in [5.41, 5.74) is 2.65. The van der Waals surface area contributed by atoms with E-state index in [0.29, 0.717) is 37.6 Å². The Bertz CT molecular complexity index is 970. The highest BCUT2D eigenvalue weighted by atomic mass is 79.9. The van der Waals surface area contributed by atoms with Gasteiger partial charge in [-0.15, -0.1) is 0 Å². The standard InChI is InChI=1S/C20H24BrN3O3S/c1-15-6-7-16(2)19(12-15)28(26,27)24-10-8-23(9-11-24)20(25)22-14-17-4-3-5-18(21)13-17/h3-7,12-13H,8-11,14H2,1-2H3,(H,22,25). The molecule has 2 amide bonds. The van der Waals surface area contributed by atoms with E-state index in [4.69, 9.17) is 0 Å². The number of carbonyl (C=O) groups is 1. The number of nitrogens with zero attached hydrogens (tertiary/aromatic N) is 2. The number of rotatable bonds is 4. The number of urea groups is 1. The molecule has 28 heavy (non-hydrogen) atoms. The van der Waals surface area contributed by atoms with Crippen molar-refractivity contribution in [2.75, 3.05) is 26.2 Å². The summed E-state index contributed by atoms with van der Waals surface area (Å²) in [4.78, 5) is 14.4. The van der Waals surface area contributed by atoms with Gasteiger partial charge in [0.05, 0.1) is 4.90 Å². The van der Waals surface area contributed by atoms with Crippen molar-refractivity contribution in [3.05, 3.63) is 63.6 Å². The van der Waals surface area contributed by atoms with E-state index in [9.17, 15) is 13.2 Å². The highest BCUT2D eigenvalue weighted by Gasteiger charge is 2.31. The van der Waals surface area contributed by atoms with E-state index in [1.54, 1.807) is 17.9 Å². The van der Waals surface area contributed by atoms with Gasteiger partial charge in [0.25, 0.3) is 0 Å². The zero-order chi connectivity index (χ0) is 20.3. The van der Waals surface area contributed by atoms with E-state index >= 15 is 0 Å². The minimum absolute atomic E-state index is 0.177. The largest absolute Gasteiger partial charge is 0.334 e. The molecule has 0 unspecified atom stereocenters. The van der Waals surface area contributed by atoms with Gasteiger partial charge in [-0.05, 0) is 48.7 Å². The van der Waals surface area contributed by atoms with Crippen molar-refractivity contribution < 1.29 is 13.2 Å². The van der Waals surface area contributed by atoms with E-state index in [2.05, 4.69) is 21.2 Å². The monoisotopic (exact) mass is 465 g/mol. The summed E-state index contributed by atoms with van der Waals surface area (Å²) >= 11 is 3.41. The van der Waals surface area contributed by atoms with Crippen LogP contribution in [0.25, 0.3) is 0 Å². The Kier molecular flexibility index (Phi) is 6.42. The molecular weight excluding hydrogens is 442 g/mol. The minimum Gasteiger partial charge on any atom is -0.334 e. The molecule has 1 fully saturated rings. The van der Waals surface area contributed by atoms with Crippen LogP contribution in [-0.2, 0) is 16.6 Å². The average molecular weight is 466 g/mol. The topological polar surface area (TPSA) is 69.7 Å². The third-order valence-corrected chi connectivity index (χ3v) is 7.35. The van der Waals surface area contributed by atoms with Crippen LogP contribution in [-0.4, -0.2) is 49.8 Å². The summed E-state index contributed by atoms with van der Waals surface area (Å²) < 4.78 is 28.4. The predicted molar refractivity (Wildman–Crippen MR) is 113 cm³/mol. The number of halogens is 1. The van der Waals surface area contributed by atoms with Crippen molar-refractivity contribution in [1.29, 1.82) is 0 Å². The molecule has 150 valence electrons. The highest BCUT2D eigenvalue weighted by Crippen LogP contribution is 2.22. The van der Waals surface area contributed by atoms with E-state index in [1.807, 2.05) is 43.3 Å². The third-order valence-electron chi connectivity index (χ3n) is 4.82. The normalized spacial score (nSPS) is 15.5. The van der Waals surface area contributed by atoms with E-state index in [0.717, 1.165) is 21.2 Å². The molecule has 3 rings (SSSR count). The molecule has 2 aromatic rings. The highest BCUT2D eigenvalue weighted by molar-refractivity contribution is 9.10. The number of sulfonamides is 1. The molecule has 0 radical (unpaired) electrons. The van der Waals surface area contributed by atoms with E-state index in [-0.39, 0.29) is 6.03 Å². The first-order chi connectivity index (χ1) is 13.3. The Morgan fingerprint density at radius 3 is 2.46 bits per heavy atom. The van der Waals surface area contributed by atoms with Crippen LogP contribution in [0.15, 0.2) is 51.8 Å². The predicted octanol–water partition coefficient (Wildman–Crippen LogP) is 3.28. The van der Waals surface area contributed by atoms with Crippen molar-refractivity contribution >= 4 is 32.0 Å². The number of nitrogens with one attached hydrogen (secondary N) is 1. The molecule has 1 N–H and O–H groups in total. The SMILES string of the molecule is Cc1ccc(C)c(S(=O)(=O)N2CCN(C(=O)NCc3cccc(Br)c3)CC2)c1. The van der Waals surface area contributed by atoms with Gasteiger partial charge >= 0.3 is 6.03 Å². The Balaban J connectivity index is 1.59. The number of hydrogen-bond acceptors (Lipinski definition) is 3. The number of piperazine rings is 1. The Labute approximate surface area is 174 Å². The Morgan fingerprint density at radius 1 is 1.07 bits per heavy atom. The van der Waals surface area contributed by atoms with Crippen LogP contribution in [0.4, 0.5) is 4.79 Å². The van der Waals surface area contributed by atoms with Gasteiger partial charge in [0, 0.05) is 37.2 Å². The van der Waals surface area contributed by atoms with Crippen LogP contribution in [0.2, 0.25) is 0 Å². The molecule has 0 saturated carbocycles. The van der Waals surface area contributed by atoms with E-state index < -0.39 is 10.0 Å². The van der Waals surface area contributed by atoms with Crippen LogP contribution in [0.1, 0.15) is 16.7 Å². The molecule has 0 aliphatic carbocycles. The second kappa shape index (κ2) is 8.63. The lowest BCUT2D eigenvalue weighted by atomic mass is 10.2. The lowest BCUT2D eigenvalue weighted by molar-refractivity contribution is 0.172. The number of aryl methyl sites for hydroxylation is 2. The van der Waals surface area contributed by atoms with Crippen molar-refractivity contribution in [2.24, 2.45) is 0 Å². The van der Waals surface area contributed by atoms with Crippen LogP contribution in [0, 0.1) is 13.8 Å². The van der Waals surface area contributed by atoms with Gasteiger partial charge in [-0.25, -0.2) is 13.2 Å². The molecule has 1 aliphatic heterocycles. The van der Waals surface area contributed by atoms with Crippen LogP contribution in [0.5, 0.6) is 0 Å². The average Bonchev–Trinajstić information content (AvgIpc) is 2.68. The first kappa shape index (κ1) is 20.8. The van der Waals surface area contributed by atoms with Crippen LogP contribution < -0.4 is 5.32 Å². The first-order valence-electron chi connectivity index (χ1n) is 9.12. The maximum Gasteiger partial charge on any atom is 0.317 e. The van der Waals surface area contributed by atoms with Gasteiger partial charge in [-0.1, -0.05) is 40.2 Å². The maximum atomic E-state index is 13.0.